The Bertz CT molecular complexity index is 289. The lowest BCUT2D eigenvalue weighted by Crippen LogP contribution is -2.22. The van der Waals surface area contributed by atoms with Crippen LogP contribution in [0.3, 0.4) is 0 Å². The molecule has 0 radical (unpaired) electrons. The van der Waals surface area contributed by atoms with Crippen LogP contribution in [-0.2, 0) is 19.1 Å². The van der Waals surface area contributed by atoms with Crippen molar-refractivity contribution in [1.29, 1.82) is 0 Å². The molecule has 4 nitrogen and oxygen atoms in total. The standard InChI is InChI=1S/C15H28O4/c1-11(2)10-18-13(16)7-8-14(17)19-12(3)9-15(4,5)6/h11-12H,7-10H2,1-6H3. The largest absolute Gasteiger partial charge is 0.465 e. The summed E-state index contributed by atoms with van der Waals surface area (Å²) in [6.07, 6.45) is 0.856. The summed E-state index contributed by atoms with van der Waals surface area (Å²) in [5.41, 5.74) is 0.121. The van der Waals surface area contributed by atoms with E-state index < -0.39 is 0 Å². The van der Waals surface area contributed by atoms with Crippen molar-refractivity contribution < 1.29 is 19.1 Å². The van der Waals surface area contributed by atoms with E-state index in [1.165, 1.54) is 0 Å². The molecule has 0 aromatic heterocycles. The lowest BCUT2D eigenvalue weighted by molar-refractivity contribution is -0.154. The van der Waals surface area contributed by atoms with Gasteiger partial charge in [0.15, 0.2) is 0 Å². The summed E-state index contributed by atoms with van der Waals surface area (Å²) in [5, 5.41) is 0. The highest BCUT2D eigenvalue weighted by Crippen LogP contribution is 2.22. The van der Waals surface area contributed by atoms with Crippen LogP contribution < -0.4 is 0 Å². The fourth-order valence-corrected chi connectivity index (χ4v) is 1.72. The Balaban J connectivity index is 3.83. The second-order valence-electron chi connectivity index (χ2n) is 6.64. The van der Waals surface area contributed by atoms with Crippen LogP contribution in [0.25, 0.3) is 0 Å². The number of hydrogen-bond donors (Lipinski definition) is 0. The van der Waals surface area contributed by atoms with E-state index >= 15 is 0 Å². The lowest BCUT2D eigenvalue weighted by Gasteiger charge is -2.23. The predicted octanol–water partition coefficient (Wildman–Crippen LogP) is 3.33. The number of carbonyl (C=O) groups excluding carboxylic acids is 2. The third kappa shape index (κ3) is 11.7. The Kier molecular flexibility index (Phi) is 7.72. The number of esters is 2. The fraction of sp³-hybridized carbons (Fsp3) is 0.867. The zero-order valence-electron chi connectivity index (χ0n) is 13.1. The summed E-state index contributed by atoms with van der Waals surface area (Å²) in [6, 6.07) is 0. The highest BCUT2D eigenvalue weighted by molar-refractivity contribution is 5.77. The predicted molar refractivity (Wildman–Crippen MR) is 74.7 cm³/mol. The van der Waals surface area contributed by atoms with Gasteiger partial charge >= 0.3 is 11.9 Å². The van der Waals surface area contributed by atoms with Gasteiger partial charge in [-0.3, -0.25) is 9.59 Å². The Morgan fingerprint density at radius 3 is 2.00 bits per heavy atom. The van der Waals surface area contributed by atoms with Crippen molar-refractivity contribution in [3.63, 3.8) is 0 Å². The molecular weight excluding hydrogens is 244 g/mol. The van der Waals surface area contributed by atoms with Gasteiger partial charge in [-0.2, -0.15) is 0 Å². The van der Waals surface area contributed by atoms with Crippen LogP contribution >= 0.6 is 0 Å². The molecule has 4 heteroatoms. The molecule has 1 atom stereocenters. The zero-order chi connectivity index (χ0) is 15.1. The molecule has 0 spiro atoms. The van der Waals surface area contributed by atoms with Crippen LogP contribution in [0.5, 0.6) is 0 Å². The van der Waals surface area contributed by atoms with Crippen LogP contribution in [0.1, 0.15) is 60.8 Å². The minimum atomic E-state index is -0.339. The summed E-state index contributed by atoms with van der Waals surface area (Å²) in [7, 11) is 0. The molecule has 0 amide bonds. The average molecular weight is 272 g/mol. The van der Waals surface area contributed by atoms with Gasteiger partial charge in [0.25, 0.3) is 0 Å². The molecule has 0 heterocycles. The van der Waals surface area contributed by atoms with Crippen LogP contribution in [0, 0.1) is 11.3 Å². The van der Waals surface area contributed by atoms with Crippen molar-refractivity contribution in [1.82, 2.24) is 0 Å². The maximum Gasteiger partial charge on any atom is 0.306 e. The number of rotatable bonds is 7. The quantitative estimate of drug-likeness (QED) is 0.667. The molecule has 0 aromatic rings. The molecule has 0 aromatic carbocycles. The maximum absolute atomic E-state index is 11.6. The molecule has 0 N–H and O–H groups in total. The van der Waals surface area contributed by atoms with Crippen molar-refractivity contribution in [3.05, 3.63) is 0 Å². The molecule has 0 saturated heterocycles. The van der Waals surface area contributed by atoms with E-state index in [0.717, 1.165) is 6.42 Å². The van der Waals surface area contributed by atoms with Gasteiger partial charge in [-0.15, -0.1) is 0 Å². The Labute approximate surface area is 116 Å². The minimum Gasteiger partial charge on any atom is -0.465 e. The highest BCUT2D eigenvalue weighted by atomic mass is 16.5. The van der Waals surface area contributed by atoms with Gasteiger partial charge in [-0.05, 0) is 24.7 Å². The molecule has 0 fully saturated rings. The number of ether oxygens (including phenoxy) is 2. The van der Waals surface area contributed by atoms with E-state index in [1.807, 2.05) is 20.8 Å². The maximum atomic E-state index is 11.6. The summed E-state index contributed by atoms with van der Waals surface area (Å²) in [6.45, 7) is 12.5. The molecule has 1 unspecified atom stereocenters. The van der Waals surface area contributed by atoms with Gasteiger partial charge in [0.1, 0.15) is 0 Å². The first kappa shape index (κ1) is 17.9. The van der Waals surface area contributed by atoms with E-state index in [1.54, 1.807) is 0 Å². The van der Waals surface area contributed by atoms with Crippen molar-refractivity contribution >= 4 is 11.9 Å². The second kappa shape index (κ2) is 8.18. The summed E-state index contributed by atoms with van der Waals surface area (Å²) < 4.78 is 10.2. The fourth-order valence-electron chi connectivity index (χ4n) is 1.72. The molecule has 112 valence electrons. The van der Waals surface area contributed by atoms with Crippen LogP contribution in [0.15, 0.2) is 0 Å². The van der Waals surface area contributed by atoms with E-state index in [4.69, 9.17) is 9.47 Å². The highest BCUT2D eigenvalue weighted by Gasteiger charge is 2.19. The number of hydrogen-bond acceptors (Lipinski definition) is 4. The van der Waals surface area contributed by atoms with Crippen molar-refractivity contribution in [2.75, 3.05) is 6.61 Å². The average Bonchev–Trinajstić information content (AvgIpc) is 2.20. The van der Waals surface area contributed by atoms with Crippen LogP contribution in [0.2, 0.25) is 0 Å². The van der Waals surface area contributed by atoms with E-state index in [0.29, 0.717) is 12.5 Å². The van der Waals surface area contributed by atoms with Gasteiger partial charge in [0, 0.05) is 0 Å². The summed E-state index contributed by atoms with van der Waals surface area (Å²) >= 11 is 0. The van der Waals surface area contributed by atoms with E-state index in [-0.39, 0.29) is 36.3 Å². The molecule has 0 saturated carbocycles. The normalized spacial score (nSPS) is 13.2. The minimum absolute atomic E-state index is 0.0887. The number of carbonyl (C=O) groups is 2. The van der Waals surface area contributed by atoms with Gasteiger partial charge in [0.2, 0.25) is 0 Å². The van der Waals surface area contributed by atoms with Crippen molar-refractivity contribution in [3.8, 4) is 0 Å². The SMILES string of the molecule is CC(C)COC(=O)CCC(=O)OC(C)CC(C)(C)C. The zero-order valence-corrected chi connectivity index (χ0v) is 13.1. The molecule has 0 aliphatic rings. The third-order valence-electron chi connectivity index (χ3n) is 2.34. The second-order valence-corrected chi connectivity index (χ2v) is 6.64. The van der Waals surface area contributed by atoms with E-state index in [9.17, 15) is 9.59 Å². The third-order valence-corrected chi connectivity index (χ3v) is 2.34. The first-order valence-corrected chi connectivity index (χ1v) is 6.95. The smallest absolute Gasteiger partial charge is 0.306 e. The van der Waals surface area contributed by atoms with E-state index in [2.05, 4.69) is 20.8 Å². The molecular formula is C15H28O4. The molecule has 0 aliphatic carbocycles. The van der Waals surface area contributed by atoms with Gasteiger partial charge in [0.05, 0.1) is 25.6 Å². The summed E-state index contributed by atoms with van der Waals surface area (Å²) in [4.78, 5) is 22.9. The lowest BCUT2D eigenvalue weighted by atomic mass is 9.90. The Morgan fingerprint density at radius 2 is 1.53 bits per heavy atom. The van der Waals surface area contributed by atoms with Crippen molar-refractivity contribution in [2.24, 2.45) is 11.3 Å². The molecule has 0 bridgehead atoms. The molecule has 0 aliphatic heterocycles. The molecule has 19 heavy (non-hydrogen) atoms. The van der Waals surface area contributed by atoms with Crippen LogP contribution in [0.4, 0.5) is 0 Å². The van der Waals surface area contributed by atoms with Gasteiger partial charge < -0.3 is 9.47 Å². The monoisotopic (exact) mass is 272 g/mol. The van der Waals surface area contributed by atoms with Crippen LogP contribution in [-0.4, -0.2) is 24.6 Å². The summed E-state index contributed by atoms with van der Waals surface area (Å²) in [5.74, 6) is -0.366. The first-order chi connectivity index (χ1) is 8.60. The Hall–Kier alpha value is -1.06. The topological polar surface area (TPSA) is 52.6 Å². The van der Waals surface area contributed by atoms with Gasteiger partial charge in [-0.1, -0.05) is 34.6 Å². The van der Waals surface area contributed by atoms with Crippen molar-refractivity contribution in [2.45, 2.75) is 66.9 Å². The molecule has 0 rings (SSSR count). The first-order valence-electron chi connectivity index (χ1n) is 6.95. The Morgan fingerprint density at radius 1 is 1.00 bits per heavy atom. The van der Waals surface area contributed by atoms with Gasteiger partial charge in [-0.25, -0.2) is 0 Å².